The van der Waals surface area contributed by atoms with Gasteiger partial charge in [0.05, 0.1) is 11.9 Å². The Kier molecular flexibility index (Phi) is 11.3. The Balaban J connectivity index is 1.47. The van der Waals surface area contributed by atoms with Crippen molar-refractivity contribution in [1.82, 2.24) is 5.32 Å². The van der Waals surface area contributed by atoms with Crippen LogP contribution in [-0.4, -0.2) is 29.6 Å². The van der Waals surface area contributed by atoms with Crippen LogP contribution in [0.5, 0.6) is 5.75 Å². The Bertz CT molecular complexity index is 1630. The lowest BCUT2D eigenvalue weighted by Gasteiger charge is -2.14. The van der Waals surface area contributed by atoms with Crippen molar-refractivity contribution in [2.45, 2.75) is 24.0 Å². The van der Waals surface area contributed by atoms with Crippen molar-refractivity contribution in [2.75, 3.05) is 17.2 Å². The molecule has 4 rings (SSSR count). The minimum atomic E-state index is -0.557. The summed E-state index contributed by atoms with van der Waals surface area (Å²) in [5.74, 6) is -0.449. The highest BCUT2D eigenvalue weighted by Crippen LogP contribution is 2.28. The molecule has 220 valence electrons. The Hall–Kier alpha value is -4.24. The molecule has 0 aliphatic heterocycles. The third-order valence-corrected chi connectivity index (χ3v) is 7.65. The van der Waals surface area contributed by atoms with Crippen molar-refractivity contribution >= 4 is 70.1 Å². The highest BCUT2D eigenvalue weighted by Gasteiger charge is 2.18. The summed E-state index contributed by atoms with van der Waals surface area (Å²) in [5, 5.41) is 8.77. The fourth-order valence-corrected chi connectivity index (χ4v) is 5.25. The minimum Gasteiger partial charge on any atom is -0.494 e. The maximum atomic E-state index is 13.4. The fraction of sp³-hybridized carbons (Fsp3) is 0.121. The van der Waals surface area contributed by atoms with Gasteiger partial charge >= 0.3 is 0 Å². The van der Waals surface area contributed by atoms with E-state index in [1.165, 1.54) is 17.8 Å². The third kappa shape index (κ3) is 9.38. The molecule has 1 unspecified atom stereocenters. The largest absolute Gasteiger partial charge is 0.494 e. The molecule has 0 aromatic heterocycles. The Labute approximate surface area is 264 Å². The highest BCUT2D eigenvalue weighted by molar-refractivity contribution is 8.00. The van der Waals surface area contributed by atoms with Gasteiger partial charge in [-0.1, -0.05) is 53.5 Å². The minimum absolute atomic E-state index is 0.0146. The lowest BCUT2D eigenvalue weighted by Crippen LogP contribution is -2.30. The summed E-state index contributed by atoms with van der Waals surface area (Å²) in [5.41, 5.74) is 2.02. The molecule has 0 spiro atoms. The number of rotatable bonds is 11. The van der Waals surface area contributed by atoms with E-state index in [4.69, 9.17) is 27.9 Å². The van der Waals surface area contributed by atoms with E-state index >= 15 is 0 Å². The summed E-state index contributed by atoms with van der Waals surface area (Å²) in [6.07, 6.45) is 1.49. The van der Waals surface area contributed by atoms with Gasteiger partial charge < -0.3 is 20.7 Å². The number of hydrogen-bond donors (Lipinski definition) is 3. The summed E-state index contributed by atoms with van der Waals surface area (Å²) in [7, 11) is 0. The number of amides is 3. The molecule has 0 aliphatic carbocycles. The number of benzene rings is 4. The monoisotopic (exact) mass is 633 g/mol. The predicted octanol–water partition coefficient (Wildman–Crippen LogP) is 7.92. The van der Waals surface area contributed by atoms with Crippen molar-refractivity contribution < 1.29 is 19.1 Å². The molecule has 4 aromatic carbocycles. The van der Waals surface area contributed by atoms with Gasteiger partial charge in [-0.05, 0) is 92.2 Å². The predicted molar refractivity (Wildman–Crippen MR) is 175 cm³/mol. The zero-order chi connectivity index (χ0) is 30.8. The van der Waals surface area contributed by atoms with Crippen molar-refractivity contribution in [3.8, 4) is 5.75 Å². The maximum Gasteiger partial charge on any atom is 0.272 e. The van der Waals surface area contributed by atoms with Crippen LogP contribution in [0.15, 0.2) is 108 Å². The van der Waals surface area contributed by atoms with Crippen LogP contribution in [-0.2, 0) is 9.59 Å². The standard InChI is InChI=1S/C33H29Cl2N3O4S/c1-3-42-27-16-14-25(15-17-27)36-31(39)21(2)43-28-11-7-10-26(20-28)37-33(41)30(18-23-12-13-24(34)19-29(23)35)38-32(40)22-8-5-4-6-9-22/h4-21H,3H2,1-2H3,(H,36,39)(H,37,41)(H,38,40)/b30-18+. The zero-order valence-corrected chi connectivity index (χ0v) is 25.7. The molecule has 43 heavy (non-hydrogen) atoms. The second kappa shape index (κ2) is 15.3. The molecule has 0 aliphatic rings. The van der Waals surface area contributed by atoms with Crippen LogP contribution >= 0.6 is 35.0 Å². The second-order valence-corrected chi connectivity index (χ2v) is 11.5. The van der Waals surface area contributed by atoms with E-state index < -0.39 is 17.1 Å². The smallest absolute Gasteiger partial charge is 0.272 e. The van der Waals surface area contributed by atoms with Crippen LogP contribution in [0.1, 0.15) is 29.8 Å². The number of hydrogen-bond acceptors (Lipinski definition) is 5. The average molecular weight is 635 g/mol. The zero-order valence-electron chi connectivity index (χ0n) is 23.4. The molecule has 4 aromatic rings. The van der Waals surface area contributed by atoms with Gasteiger partial charge in [0.15, 0.2) is 0 Å². The second-order valence-electron chi connectivity index (χ2n) is 9.23. The first-order chi connectivity index (χ1) is 20.7. The van der Waals surface area contributed by atoms with E-state index in [1.807, 2.05) is 13.0 Å². The van der Waals surface area contributed by atoms with Gasteiger partial charge in [0.2, 0.25) is 5.91 Å². The molecule has 0 saturated carbocycles. The van der Waals surface area contributed by atoms with Gasteiger partial charge in [0.1, 0.15) is 11.4 Å². The Morgan fingerprint density at radius 1 is 0.860 bits per heavy atom. The van der Waals surface area contributed by atoms with Crippen molar-refractivity contribution in [2.24, 2.45) is 0 Å². The lowest BCUT2D eigenvalue weighted by atomic mass is 10.1. The van der Waals surface area contributed by atoms with Gasteiger partial charge in [-0.3, -0.25) is 14.4 Å². The van der Waals surface area contributed by atoms with E-state index in [0.717, 1.165) is 10.6 Å². The number of nitrogens with one attached hydrogen (secondary N) is 3. The lowest BCUT2D eigenvalue weighted by molar-refractivity contribution is -0.115. The van der Waals surface area contributed by atoms with E-state index in [0.29, 0.717) is 39.2 Å². The Morgan fingerprint density at radius 2 is 1.60 bits per heavy atom. The normalized spacial score (nSPS) is 11.8. The van der Waals surface area contributed by atoms with E-state index in [2.05, 4.69) is 16.0 Å². The molecular formula is C33H29Cl2N3O4S. The molecule has 0 heterocycles. The van der Waals surface area contributed by atoms with Crippen molar-refractivity contribution in [3.63, 3.8) is 0 Å². The molecule has 0 bridgehead atoms. The van der Waals surface area contributed by atoms with Crippen LogP contribution < -0.4 is 20.7 Å². The molecule has 10 heteroatoms. The number of thioether (sulfide) groups is 1. The van der Waals surface area contributed by atoms with Gasteiger partial charge in [-0.25, -0.2) is 0 Å². The fourth-order valence-electron chi connectivity index (χ4n) is 3.86. The van der Waals surface area contributed by atoms with Gasteiger partial charge in [-0.15, -0.1) is 11.8 Å². The van der Waals surface area contributed by atoms with Crippen LogP contribution in [0.25, 0.3) is 6.08 Å². The van der Waals surface area contributed by atoms with Crippen molar-refractivity contribution in [3.05, 3.63) is 124 Å². The first-order valence-corrected chi connectivity index (χ1v) is 15.0. The SMILES string of the molecule is CCOc1ccc(NC(=O)C(C)Sc2cccc(NC(=O)/C(=C\c3ccc(Cl)cc3Cl)NC(=O)c3ccccc3)c2)cc1. The molecule has 3 amide bonds. The molecule has 1 atom stereocenters. The number of anilines is 2. The van der Waals surface area contributed by atoms with Crippen LogP contribution in [0.2, 0.25) is 10.0 Å². The average Bonchev–Trinajstić information content (AvgIpc) is 2.99. The molecule has 0 radical (unpaired) electrons. The third-order valence-electron chi connectivity index (χ3n) is 6.00. The van der Waals surface area contributed by atoms with E-state index in [-0.39, 0.29) is 11.6 Å². The molecular weight excluding hydrogens is 605 g/mol. The summed E-state index contributed by atoms with van der Waals surface area (Å²) < 4.78 is 5.44. The number of halogens is 2. The number of carbonyl (C=O) groups excluding carboxylic acids is 3. The Morgan fingerprint density at radius 3 is 2.30 bits per heavy atom. The quantitative estimate of drug-likeness (QED) is 0.115. The summed E-state index contributed by atoms with van der Waals surface area (Å²) in [4.78, 5) is 39.9. The van der Waals surface area contributed by atoms with Crippen LogP contribution in [0, 0.1) is 0 Å². The molecule has 3 N–H and O–H groups in total. The molecule has 0 saturated heterocycles. The van der Waals surface area contributed by atoms with Gasteiger partial charge in [0, 0.05) is 31.9 Å². The summed E-state index contributed by atoms with van der Waals surface area (Å²) in [6, 6.07) is 27.7. The van der Waals surface area contributed by atoms with Crippen LogP contribution in [0.3, 0.4) is 0 Å². The van der Waals surface area contributed by atoms with E-state index in [1.54, 1.807) is 97.9 Å². The number of ether oxygens (including phenoxy) is 1. The van der Waals surface area contributed by atoms with E-state index in [9.17, 15) is 14.4 Å². The maximum absolute atomic E-state index is 13.4. The highest BCUT2D eigenvalue weighted by atomic mass is 35.5. The first-order valence-electron chi connectivity index (χ1n) is 13.4. The number of carbonyl (C=O) groups is 3. The van der Waals surface area contributed by atoms with Crippen LogP contribution in [0.4, 0.5) is 11.4 Å². The molecule has 7 nitrogen and oxygen atoms in total. The molecule has 0 fully saturated rings. The summed E-state index contributed by atoms with van der Waals surface area (Å²) >= 11 is 13.7. The topological polar surface area (TPSA) is 96.5 Å². The van der Waals surface area contributed by atoms with Gasteiger partial charge in [-0.2, -0.15) is 0 Å². The van der Waals surface area contributed by atoms with Gasteiger partial charge in [0.25, 0.3) is 11.8 Å². The first kappa shape index (κ1) is 31.7. The summed E-state index contributed by atoms with van der Waals surface area (Å²) in [6.45, 7) is 4.27. The van der Waals surface area contributed by atoms with Crippen molar-refractivity contribution in [1.29, 1.82) is 0 Å².